The lowest BCUT2D eigenvalue weighted by Crippen LogP contribution is -2.12. The van der Waals surface area contributed by atoms with Crippen LogP contribution in [-0.4, -0.2) is 9.97 Å². The fourth-order valence-electron chi connectivity index (χ4n) is 2.09. The van der Waals surface area contributed by atoms with E-state index in [9.17, 15) is 0 Å². The first-order chi connectivity index (χ1) is 8.83. The number of H-pyrrole nitrogens is 1. The van der Waals surface area contributed by atoms with Crippen LogP contribution in [0.5, 0.6) is 0 Å². The number of benzene rings is 1. The number of nitrogens with one attached hydrogen (secondary N) is 2. The van der Waals surface area contributed by atoms with Gasteiger partial charge in [-0.1, -0.05) is 12.1 Å². The van der Waals surface area contributed by atoms with Gasteiger partial charge in [-0.2, -0.15) is 0 Å². The molecular weight excluding hydrogens is 226 g/mol. The van der Waals surface area contributed by atoms with Gasteiger partial charge in [0, 0.05) is 23.6 Å². The number of aromatic amines is 1. The van der Waals surface area contributed by atoms with Crippen molar-refractivity contribution in [3.8, 4) is 0 Å². The summed E-state index contributed by atoms with van der Waals surface area (Å²) in [7, 11) is 0. The predicted octanol–water partition coefficient (Wildman–Crippen LogP) is 2.75. The molecule has 0 unspecified atom stereocenters. The summed E-state index contributed by atoms with van der Waals surface area (Å²) in [5.41, 5.74) is 2.44. The van der Waals surface area contributed by atoms with E-state index in [4.69, 9.17) is 4.42 Å². The van der Waals surface area contributed by atoms with E-state index in [0.717, 1.165) is 18.2 Å². The summed E-state index contributed by atoms with van der Waals surface area (Å²) in [6, 6.07) is 8.37. The van der Waals surface area contributed by atoms with Gasteiger partial charge in [-0.05, 0) is 24.6 Å². The molecule has 0 amide bonds. The first-order valence-corrected chi connectivity index (χ1v) is 6.00. The molecule has 0 spiro atoms. The second-order valence-corrected chi connectivity index (χ2v) is 4.32. The zero-order chi connectivity index (χ0) is 12.4. The lowest BCUT2D eigenvalue weighted by Gasteiger charge is -2.04. The van der Waals surface area contributed by atoms with Gasteiger partial charge in [-0.15, -0.1) is 0 Å². The Hall–Kier alpha value is -2.07. The van der Waals surface area contributed by atoms with Crippen LogP contribution in [0.25, 0.3) is 10.9 Å². The molecule has 0 atom stereocenters. The van der Waals surface area contributed by atoms with Gasteiger partial charge in [-0.3, -0.25) is 0 Å². The van der Waals surface area contributed by atoms with Crippen molar-refractivity contribution < 1.29 is 4.42 Å². The fraction of sp³-hybridized carbons (Fsp3) is 0.214. The van der Waals surface area contributed by atoms with Gasteiger partial charge in [-0.25, -0.2) is 4.98 Å². The van der Waals surface area contributed by atoms with Crippen LogP contribution >= 0.6 is 0 Å². The summed E-state index contributed by atoms with van der Waals surface area (Å²) in [5, 5.41) is 4.60. The normalized spacial score (nSPS) is 11.2. The molecule has 4 nitrogen and oxygen atoms in total. The fourth-order valence-corrected chi connectivity index (χ4v) is 2.09. The van der Waals surface area contributed by atoms with E-state index >= 15 is 0 Å². The molecule has 4 heteroatoms. The summed E-state index contributed by atoms with van der Waals surface area (Å²) in [6.07, 6.45) is 3.70. The maximum Gasteiger partial charge on any atom is 0.208 e. The lowest BCUT2D eigenvalue weighted by molar-refractivity contribution is 0.449. The Kier molecular flexibility index (Phi) is 2.86. The number of hydrogen-bond acceptors (Lipinski definition) is 3. The minimum absolute atomic E-state index is 0.647. The van der Waals surface area contributed by atoms with Crippen molar-refractivity contribution in [2.75, 3.05) is 0 Å². The molecule has 0 saturated carbocycles. The number of aromatic nitrogens is 2. The van der Waals surface area contributed by atoms with Crippen LogP contribution < -0.4 is 5.32 Å². The Morgan fingerprint density at radius 1 is 1.28 bits per heavy atom. The van der Waals surface area contributed by atoms with E-state index in [1.54, 1.807) is 6.20 Å². The van der Waals surface area contributed by atoms with Crippen molar-refractivity contribution in [1.82, 2.24) is 15.3 Å². The van der Waals surface area contributed by atoms with Crippen LogP contribution in [0.1, 0.15) is 17.2 Å². The number of fused-ring (bicyclic) bond motifs is 1. The number of aryl methyl sites for hydroxylation is 1. The van der Waals surface area contributed by atoms with Crippen molar-refractivity contribution >= 4 is 10.9 Å². The van der Waals surface area contributed by atoms with Crippen LogP contribution in [0.2, 0.25) is 0 Å². The molecule has 0 bridgehead atoms. The van der Waals surface area contributed by atoms with Crippen molar-refractivity contribution in [2.24, 2.45) is 0 Å². The smallest absolute Gasteiger partial charge is 0.208 e. The van der Waals surface area contributed by atoms with E-state index in [1.807, 2.05) is 13.1 Å². The highest BCUT2D eigenvalue weighted by molar-refractivity contribution is 5.82. The first-order valence-electron chi connectivity index (χ1n) is 6.00. The minimum Gasteiger partial charge on any atom is -0.445 e. The third-order valence-electron chi connectivity index (χ3n) is 2.95. The Balaban J connectivity index is 1.68. The number of nitrogens with zero attached hydrogens (tertiary/aromatic N) is 1. The van der Waals surface area contributed by atoms with Crippen LogP contribution in [-0.2, 0) is 13.1 Å². The average Bonchev–Trinajstić information content (AvgIpc) is 2.98. The first kappa shape index (κ1) is 11.0. The van der Waals surface area contributed by atoms with E-state index in [1.165, 1.54) is 16.5 Å². The molecule has 0 radical (unpaired) electrons. The van der Waals surface area contributed by atoms with Gasteiger partial charge < -0.3 is 14.7 Å². The molecular formula is C14H15N3O. The second-order valence-electron chi connectivity index (χ2n) is 4.32. The molecule has 3 rings (SSSR count). The standard InChI is InChI=1S/C14H15N3O/c1-10-7-17-14(18-10)9-15-8-11-3-2-4-13-12(11)5-6-16-13/h2-7,15-16H,8-9H2,1H3. The molecule has 0 aliphatic rings. The molecule has 3 aromatic rings. The van der Waals surface area contributed by atoms with Crippen molar-refractivity contribution in [3.63, 3.8) is 0 Å². The average molecular weight is 241 g/mol. The highest BCUT2D eigenvalue weighted by Crippen LogP contribution is 2.17. The second kappa shape index (κ2) is 4.66. The SMILES string of the molecule is Cc1cnc(CNCc2cccc3[nH]ccc23)o1. The lowest BCUT2D eigenvalue weighted by atomic mass is 10.1. The van der Waals surface area contributed by atoms with E-state index < -0.39 is 0 Å². The molecule has 0 fully saturated rings. The molecule has 18 heavy (non-hydrogen) atoms. The highest BCUT2D eigenvalue weighted by atomic mass is 16.4. The maximum atomic E-state index is 5.41. The van der Waals surface area contributed by atoms with Gasteiger partial charge in [0.25, 0.3) is 0 Å². The molecule has 0 aliphatic carbocycles. The minimum atomic E-state index is 0.647. The summed E-state index contributed by atoms with van der Waals surface area (Å²) in [5.74, 6) is 1.58. The van der Waals surface area contributed by atoms with Crippen LogP contribution in [0.3, 0.4) is 0 Å². The Morgan fingerprint density at radius 2 is 2.22 bits per heavy atom. The molecule has 0 aliphatic heterocycles. The molecule has 2 heterocycles. The van der Waals surface area contributed by atoms with Crippen molar-refractivity contribution in [3.05, 3.63) is 53.9 Å². The van der Waals surface area contributed by atoms with E-state index in [2.05, 4.69) is 39.6 Å². The van der Waals surface area contributed by atoms with Crippen LogP contribution in [0.4, 0.5) is 0 Å². The van der Waals surface area contributed by atoms with Gasteiger partial charge >= 0.3 is 0 Å². The summed E-state index contributed by atoms with van der Waals surface area (Å²) < 4.78 is 5.41. The molecule has 92 valence electrons. The zero-order valence-corrected chi connectivity index (χ0v) is 10.2. The third kappa shape index (κ3) is 2.15. The summed E-state index contributed by atoms with van der Waals surface area (Å²) in [4.78, 5) is 7.38. The maximum absolute atomic E-state index is 5.41. The summed E-state index contributed by atoms with van der Waals surface area (Å²) >= 11 is 0. The van der Waals surface area contributed by atoms with E-state index in [0.29, 0.717) is 6.54 Å². The largest absolute Gasteiger partial charge is 0.445 e. The van der Waals surface area contributed by atoms with Gasteiger partial charge in [0.2, 0.25) is 5.89 Å². The third-order valence-corrected chi connectivity index (χ3v) is 2.95. The predicted molar refractivity (Wildman–Crippen MR) is 70.1 cm³/mol. The topological polar surface area (TPSA) is 53.9 Å². The van der Waals surface area contributed by atoms with Crippen LogP contribution in [0.15, 0.2) is 41.1 Å². The number of rotatable bonds is 4. The zero-order valence-electron chi connectivity index (χ0n) is 10.2. The highest BCUT2D eigenvalue weighted by Gasteiger charge is 2.03. The quantitative estimate of drug-likeness (QED) is 0.738. The monoisotopic (exact) mass is 241 g/mol. The molecule has 2 N–H and O–H groups in total. The molecule has 2 aromatic heterocycles. The van der Waals surface area contributed by atoms with Gasteiger partial charge in [0.15, 0.2) is 0 Å². The Bertz CT molecular complexity index is 654. The van der Waals surface area contributed by atoms with Gasteiger partial charge in [0.05, 0.1) is 12.7 Å². The Morgan fingerprint density at radius 3 is 3.06 bits per heavy atom. The molecule has 0 saturated heterocycles. The van der Waals surface area contributed by atoms with Gasteiger partial charge in [0.1, 0.15) is 5.76 Å². The van der Waals surface area contributed by atoms with Crippen molar-refractivity contribution in [1.29, 1.82) is 0 Å². The number of oxazole rings is 1. The van der Waals surface area contributed by atoms with E-state index in [-0.39, 0.29) is 0 Å². The molecule has 1 aromatic carbocycles. The Labute approximate surface area is 105 Å². The van der Waals surface area contributed by atoms with Crippen LogP contribution in [0, 0.1) is 6.92 Å². The van der Waals surface area contributed by atoms with Crippen molar-refractivity contribution in [2.45, 2.75) is 20.0 Å². The number of hydrogen-bond donors (Lipinski definition) is 2. The summed E-state index contributed by atoms with van der Waals surface area (Å²) in [6.45, 7) is 3.35.